The van der Waals surface area contributed by atoms with E-state index in [4.69, 9.17) is 13.9 Å². The third-order valence-corrected chi connectivity index (χ3v) is 3.57. The average molecular weight is 313 g/mol. The van der Waals surface area contributed by atoms with E-state index in [0.717, 1.165) is 11.5 Å². The van der Waals surface area contributed by atoms with Gasteiger partial charge in [-0.05, 0) is 37.3 Å². The first-order chi connectivity index (χ1) is 11.1. The van der Waals surface area contributed by atoms with Crippen molar-refractivity contribution < 1.29 is 18.7 Å². The number of ether oxygens (including phenoxy) is 2. The Morgan fingerprint density at radius 3 is 2.78 bits per heavy atom. The van der Waals surface area contributed by atoms with Gasteiger partial charge in [-0.2, -0.15) is 0 Å². The summed E-state index contributed by atoms with van der Waals surface area (Å²) >= 11 is 0. The first-order valence-corrected chi connectivity index (χ1v) is 7.50. The highest BCUT2D eigenvalue weighted by atomic mass is 16.6. The number of fused-ring (bicyclic) bond motifs is 1. The lowest BCUT2D eigenvalue weighted by atomic mass is 10.2. The van der Waals surface area contributed by atoms with E-state index in [9.17, 15) is 4.79 Å². The van der Waals surface area contributed by atoms with E-state index < -0.39 is 0 Å². The lowest BCUT2D eigenvalue weighted by Gasteiger charge is -2.29. The lowest BCUT2D eigenvalue weighted by molar-refractivity contribution is -0.126. The normalized spacial score (nSPS) is 16.5. The van der Waals surface area contributed by atoms with E-state index in [0.29, 0.717) is 24.7 Å². The minimum atomic E-state index is -0.182. The molecule has 0 aliphatic carbocycles. The molecule has 0 bridgehead atoms. The topological polar surface area (TPSA) is 51.9 Å². The van der Waals surface area contributed by atoms with Crippen molar-refractivity contribution in [1.82, 2.24) is 4.90 Å². The Hall–Kier alpha value is -2.69. The molecule has 1 atom stereocenters. The van der Waals surface area contributed by atoms with Crippen molar-refractivity contribution in [3.63, 3.8) is 0 Å². The van der Waals surface area contributed by atoms with Gasteiger partial charge in [0, 0.05) is 13.1 Å². The van der Waals surface area contributed by atoms with Gasteiger partial charge in [-0.25, -0.2) is 0 Å². The number of aryl methyl sites for hydroxylation is 1. The van der Waals surface area contributed by atoms with Crippen molar-refractivity contribution in [3.05, 3.63) is 54.0 Å². The number of benzene rings is 1. The molecule has 0 saturated heterocycles. The van der Waals surface area contributed by atoms with Gasteiger partial charge in [0.05, 0.1) is 6.54 Å². The number of furan rings is 1. The van der Waals surface area contributed by atoms with Gasteiger partial charge in [0.25, 0.3) is 0 Å². The summed E-state index contributed by atoms with van der Waals surface area (Å²) in [6.07, 6.45) is 2.98. The van der Waals surface area contributed by atoms with Crippen molar-refractivity contribution in [1.29, 1.82) is 0 Å². The van der Waals surface area contributed by atoms with Crippen LogP contribution in [-0.4, -0.2) is 37.1 Å². The second-order valence-electron chi connectivity index (χ2n) is 5.50. The summed E-state index contributed by atoms with van der Waals surface area (Å²) in [6.45, 7) is 2.74. The summed E-state index contributed by atoms with van der Waals surface area (Å²) in [6, 6.07) is 11.2. The Kier molecular flexibility index (Phi) is 4.37. The van der Waals surface area contributed by atoms with Crippen LogP contribution >= 0.6 is 0 Å². The molecule has 1 unspecified atom stereocenters. The van der Waals surface area contributed by atoms with E-state index in [-0.39, 0.29) is 12.0 Å². The predicted molar refractivity (Wildman–Crippen MR) is 86.5 cm³/mol. The molecule has 0 fully saturated rings. The number of nitrogens with zero attached hydrogens (tertiary/aromatic N) is 1. The van der Waals surface area contributed by atoms with E-state index in [1.165, 1.54) is 6.08 Å². The second-order valence-corrected chi connectivity index (χ2v) is 5.50. The summed E-state index contributed by atoms with van der Waals surface area (Å²) < 4.78 is 16.9. The van der Waals surface area contributed by atoms with Crippen LogP contribution in [0.5, 0.6) is 11.5 Å². The van der Waals surface area contributed by atoms with Crippen molar-refractivity contribution in [2.75, 3.05) is 20.2 Å². The van der Waals surface area contributed by atoms with Gasteiger partial charge in [0.2, 0.25) is 5.91 Å². The smallest absolute Gasteiger partial charge is 0.246 e. The fourth-order valence-corrected chi connectivity index (χ4v) is 2.37. The molecule has 2 heterocycles. The first kappa shape index (κ1) is 15.2. The Balaban J connectivity index is 1.56. The summed E-state index contributed by atoms with van der Waals surface area (Å²) in [5.74, 6) is 2.82. The molecule has 1 aliphatic rings. The Morgan fingerprint density at radius 1 is 1.26 bits per heavy atom. The Bertz CT molecular complexity index is 719. The van der Waals surface area contributed by atoms with E-state index in [2.05, 4.69) is 0 Å². The Morgan fingerprint density at radius 2 is 2.04 bits per heavy atom. The standard InChI is InChI=1S/C18H19NO4/c1-13-7-8-14(22-13)9-10-18(20)19(2)11-15-12-21-16-5-3-4-6-17(16)23-15/h3-10,15H,11-12H2,1-2H3/b10-9+. The minimum Gasteiger partial charge on any atom is -0.486 e. The highest BCUT2D eigenvalue weighted by Crippen LogP contribution is 2.30. The van der Waals surface area contributed by atoms with Crippen LogP contribution in [0.25, 0.3) is 6.08 Å². The molecule has 0 spiro atoms. The number of hydrogen-bond donors (Lipinski definition) is 0. The molecule has 1 amide bonds. The van der Waals surface area contributed by atoms with Gasteiger partial charge in [0.15, 0.2) is 17.6 Å². The van der Waals surface area contributed by atoms with Crippen LogP contribution in [-0.2, 0) is 4.79 Å². The van der Waals surface area contributed by atoms with Gasteiger partial charge in [0.1, 0.15) is 18.1 Å². The fraction of sp³-hybridized carbons (Fsp3) is 0.278. The quantitative estimate of drug-likeness (QED) is 0.815. The van der Waals surface area contributed by atoms with E-state index in [1.54, 1.807) is 18.0 Å². The molecule has 1 aromatic heterocycles. The molecule has 120 valence electrons. The molecule has 0 saturated carbocycles. The van der Waals surface area contributed by atoms with Gasteiger partial charge in [-0.3, -0.25) is 4.79 Å². The van der Waals surface area contributed by atoms with Crippen LogP contribution in [0.3, 0.4) is 0 Å². The maximum atomic E-state index is 12.1. The highest BCUT2D eigenvalue weighted by Gasteiger charge is 2.23. The van der Waals surface area contributed by atoms with Gasteiger partial charge < -0.3 is 18.8 Å². The molecule has 5 nitrogen and oxygen atoms in total. The molecule has 2 aromatic rings. The molecular formula is C18H19NO4. The number of likely N-dealkylation sites (N-methyl/N-ethyl adjacent to an activating group) is 1. The van der Waals surface area contributed by atoms with Crippen molar-refractivity contribution in [2.24, 2.45) is 0 Å². The number of carbonyl (C=O) groups is 1. The molecule has 1 aliphatic heterocycles. The van der Waals surface area contributed by atoms with Crippen LogP contribution in [0.15, 0.2) is 46.9 Å². The maximum absolute atomic E-state index is 12.1. The summed E-state index contributed by atoms with van der Waals surface area (Å²) in [5.41, 5.74) is 0. The minimum absolute atomic E-state index is 0.110. The monoisotopic (exact) mass is 313 g/mol. The Labute approximate surface area is 135 Å². The zero-order chi connectivity index (χ0) is 16.2. The van der Waals surface area contributed by atoms with Crippen LogP contribution in [0.1, 0.15) is 11.5 Å². The van der Waals surface area contributed by atoms with Crippen molar-refractivity contribution in [2.45, 2.75) is 13.0 Å². The van der Waals surface area contributed by atoms with Crippen LogP contribution in [0.4, 0.5) is 0 Å². The fourth-order valence-electron chi connectivity index (χ4n) is 2.37. The second kappa shape index (κ2) is 6.60. The van der Waals surface area contributed by atoms with E-state index in [1.807, 2.05) is 43.3 Å². The van der Waals surface area contributed by atoms with Crippen molar-refractivity contribution in [3.8, 4) is 11.5 Å². The third-order valence-electron chi connectivity index (χ3n) is 3.57. The van der Waals surface area contributed by atoms with Gasteiger partial charge in [-0.15, -0.1) is 0 Å². The average Bonchev–Trinajstić information content (AvgIpc) is 2.98. The van der Waals surface area contributed by atoms with Crippen LogP contribution < -0.4 is 9.47 Å². The number of hydrogen-bond acceptors (Lipinski definition) is 4. The van der Waals surface area contributed by atoms with Crippen LogP contribution in [0.2, 0.25) is 0 Å². The third kappa shape index (κ3) is 3.74. The van der Waals surface area contributed by atoms with E-state index >= 15 is 0 Å². The van der Waals surface area contributed by atoms with Crippen molar-refractivity contribution >= 4 is 12.0 Å². The molecule has 0 N–H and O–H groups in total. The van der Waals surface area contributed by atoms with Crippen LogP contribution in [0, 0.1) is 6.92 Å². The zero-order valence-electron chi connectivity index (χ0n) is 13.2. The summed E-state index contributed by atoms with van der Waals surface area (Å²) in [4.78, 5) is 13.7. The summed E-state index contributed by atoms with van der Waals surface area (Å²) in [5, 5.41) is 0. The molecule has 3 rings (SSSR count). The predicted octanol–water partition coefficient (Wildman–Crippen LogP) is 2.90. The lowest BCUT2D eigenvalue weighted by Crippen LogP contribution is -2.41. The SMILES string of the molecule is Cc1ccc(/C=C/C(=O)N(C)CC2COc3ccccc3O2)o1. The van der Waals surface area contributed by atoms with Gasteiger partial charge >= 0.3 is 0 Å². The summed E-state index contributed by atoms with van der Waals surface area (Å²) in [7, 11) is 1.74. The molecule has 0 radical (unpaired) electrons. The molecule has 23 heavy (non-hydrogen) atoms. The number of amides is 1. The van der Waals surface area contributed by atoms with Gasteiger partial charge in [-0.1, -0.05) is 12.1 Å². The highest BCUT2D eigenvalue weighted by molar-refractivity contribution is 5.91. The number of rotatable bonds is 4. The molecule has 5 heteroatoms. The first-order valence-electron chi connectivity index (χ1n) is 7.50. The largest absolute Gasteiger partial charge is 0.486 e. The number of para-hydroxylation sites is 2. The molecule has 1 aromatic carbocycles. The zero-order valence-corrected chi connectivity index (χ0v) is 13.2. The number of carbonyl (C=O) groups excluding carboxylic acids is 1. The maximum Gasteiger partial charge on any atom is 0.246 e. The molecular weight excluding hydrogens is 294 g/mol.